The zero-order valence-corrected chi connectivity index (χ0v) is 15.5. The van der Waals surface area contributed by atoms with E-state index in [4.69, 9.17) is 4.74 Å². The minimum absolute atomic E-state index is 0.0495. The number of rotatable bonds is 5. The van der Waals surface area contributed by atoms with Gasteiger partial charge in [-0.2, -0.15) is 13.2 Å². The third kappa shape index (κ3) is 4.35. The van der Waals surface area contributed by atoms with Crippen molar-refractivity contribution >= 4 is 28.1 Å². The second-order valence-electron chi connectivity index (χ2n) is 5.66. The number of amides is 1. The van der Waals surface area contributed by atoms with Gasteiger partial charge in [0.2, 0.25) is 0 Å². The van der Waals surface area contributed by atoms with Gasteiger partial charge in [0.1, 0.15) is 0 Å². The van der Waals surface area contributed by atoms with Crippen LogP contribution in [0.2, 0.25) is 0 Å². The number of halogens is 3. The van der Waals surface area contributed by atoms with Crippen LogP contribution in [-0.2, 0) is 6.18 Å². The number of ether oxygens (including phenoxy) is 1. The molecule has 29 heavy (non-hydrogen) atoms. The van der Waals surface area contributed by atoms with E-state index in [1.165, 1.54) is 31.4 Å². The number of hydrogen-bond acceptors (Lipinski definition) is 6. The molecule has 0 fully saturated rings. The number of nitro benzene ring substituents is 1. The lowest BCUT2D eigenvalue weighted by Gasteiger charge is -2.05. The highest BCUT2D eigenvalue weighted by molar-refractivity contribution is 7.19. The van der Waals surface area contributed by atoms with Gasteiger partial charge in [0, 0.05) is 11.6 Å². The van der Waals surface area contributed by atoms with Crippen molar-refractivity contribution in [2.24, 2.45) is 0 Å². The number of thiazole rings is 1. The number of anilines is 1. The summed E-state index contributed by atoms with van der Waals surface area (Å²) in [7, 11) is 1.24. The van der Waals surface area contributed by atoms with Crippen molar-refractivity contribution in [2.75, 3.05) is 12.4 Å². The fourth-order valence-corrected chi connectivity index (χ4v) is 3.48. The van der Waals surface area contributed by atoms with E-state index in [1.807, 2.05) is 0 Å². The zero-order valence-electron chi connectivity index (χ0n) is 14.7. The van der Waals surface area contributed by atoms with Crippen LogP contribution >= 0.6 is 11.3 Å². The summed E-state index contributed by atoms with van der Waals surface area (Å²) in [6.07, 6.45) is -4.72. The number of hydrogen-bond donors (Lipinski definition) is 1. The predicted molar refractivity (Wildman–Crippen MR) is 100 cm³/mol. The third-order valence-corrected chi connectivity index (χ3v) is 4.81. The van der Waals surface area contributed by atoms with E-state index in [-0.39, 0.29) is 21.3 Å². The van der Waals surface area contributed by atoms with E-state index >= 15 is 0 Å². The molecule has 7 nitrogen and oxygen atoms in total. The molecule has 0 aliphatic heterocycles. The minimum Gasteiger partial charge on any atom is -0.490 e. The Labute approximate surface area is 165 Å². The molecule has 3 aromatic rings. The number of nitrogens with one attached hydrogen (secondary N) is 1. The van der Waals surface area contributed by atoms with Crippen molar-refractivity contribution in [1.82, 2.24) is 4.98 Å². The number of benzene rings is 2. The summed E-state index contributed by atoms with van der Waals surface area (Å²) >= 11 is 0.659. The predicted octanol–water partition coefficient (Wildman–Crippen LogP) is 5.00. The quantitative estimate of drug-likeness (QED) is 0.460. The molecular formula is C18H12F3N3O4S. The van der Waals surface area contributed by atoms with Crippen LogP contribution in [0, 0.1) is 10.1 Å². The monoisotopic (exact) mass is 423 g/mol. The van der Waals surface area contributed by atoms with Gasteiger partial charge in [-0.1, -0.05) is 41.7 Å². The smallest absolute Gasteiger partial charge is 0.434 e. The van der Waals surface area contributed by atoms with Crippen molar-refractivity contribution in [1.29, 1.82) is 0 Å². The van der Waals surface area contributed by atoms with Crippen LogP contribution in [-0.4, -0.2) is 22.9 Å². The van der Waals surface area contributed by atoms with Crippen LogP contribution in [0.25, 0.3) is 10.4 Å². The summed E-state index contributed by atoms with van der Waals surface area (Å²) < 4.78 is 45.0. The average Bonchev–Trinajstić information content (AvgIpc) is 3.12. The van der Waals surface area contributed by atoms with Gasteiger partial charge in [-0.3, -0.25) is 20.2 Å². The second-order valence-corrected chi connectivity index (χ2v) is 6.66. The number of nitro groups is 1. The number of carbonyl (C=O) groups is 1. The van der Waals surface area contributed by atoms with Gasteiger partial charge < -0.3 is 4.74 Å². The van der Waals surface area contributed by atoms with Crippen LogP contribution in [0.3, 0.4) is 0 Å². The van der Waals surface area contributed by atoms with Crippen LogP contribution in [0.15, 0.2) is 48.5 Å². The maximum atomic E-state index is 13.4. The number of alkyl halides is 3. The van der Waals surface area contributed by atoms with E-state index in [0.29, 0.717) is 16.9 Å². The first-order chi connectivity index (χ1) is 13.7. The lowest BCUT2D eigenvalue weighted by molar-refractivity contribution is -0.385. The average molecular weight is 423 g/mol. The molecule has 1 aromatic heterocycles. The Balaban J connectivity index is 1.95. The van der Waals surface area contributed by atoms with Gasteiger partial charge in [-0.25, -0.2) is 4.98 Å². The molecular weight excluding hydrogens is 411 g/mol. The molecule has 0 bridgehead atoms. The first-order valence-corrected chi connectivity index (χ1v) is 8.79. The Morgan fingerprint density at radius 1 is 1.21 bits per heavy atom. The molecule has 0 aliphatic carbocycles. The Morgan fingerprint density at radius 3 is 2.48 bits per heavy atom. The summed E-state index contributed by atoms with van der Waals surface area (Å²) in [4.78, 5) is 26.1. The molecule has 0 unspecified atom stereocenters. The van der Waals surface area contributed by atoms with E-state index in [0.717, 1.165) is 6.07 Å². The molecule has 150 valence electrons. The Bertz CT molecular complexity index is 1070. The third-order valence-electron chi connectivity index (χ3n) is 3.79. The summed E-state index contributed by atoms with van der Waals surface area (Å²) in [5, 5.41) is 13.1. The SMILES string of the molecule is COc1ccc(C(=O)Nc2nc(C(F)(F)F)c(-c3ccccc3)s2)cc1[N+](=O)[O-]. The fraction of sp³-hybridized carbons (Fsp3) is 0.111. The van der Waals surface area contributed by atoms with E-state index in [9.17, 15) is 28.1 Å². The molecule has 0 aliphatic rings. The summed E-state index contributed by atoms with van der Waals surface area (Å²) in [5.41, 5.74) is -1.38. The van der Waals surface area contributed by atoms with Crippen molar-refractivity contribution in [2.45, 2.75) is 6.18 Å². The van der Waals surface area contributed by atoms with Crippen molar-refractivity contribution in [3.8, 4) is 16.2 Å². The molecule has 0 spiro atoms. The number of aromatic nitrogens is 1. The molecule has 11 heteroatoms. The minimum atomic E-state index is -4.72. The van der Waals surface area contributed by atoms with Crippen LogP contribution in [0.1, 0.15) is 16.1 Å². The standard InChI is InChI=1S/C18H12F3N3O4S/c1-28-13-8-7-11(9-12(13)24(26)27)16(25)23-17-22-15(18(19,20)21)14(29-17)10-5-3-2-4-6-10/h2-9H,1H3,(H,22,23,25). The first kappa shape index (κ1) is 20.3. The fourth-order valence-electron chi connectivity index (χ4n) is 2.49. The van der Waals surface area contributed by atoms with Crippen LogP contribution in [0.4, 0.5) is 24.0 Å². The molecule has 0 saturated carbocycles. The molecule has 0 radical (unpaired) electrons. The topological polar surface area (TPSA) is 94.4 Å². The maximum Gasteiger partial charge on any atom is 0.434 e. The highest BCUT2D eigenvalue weighted by Gasteiger charge is 2.38. The van der Waals surface area contributed by atoms with Gasteiger partial charge in [0.15, 0.2) is 16.6 Å². The van der Waals surface area contributed by atoms with Crippen LogP contribution < -0.4 is 10.1 Å². The van der Waals surface area contributed by atoms with Crippen LogP contribution in [0.5, 0.6) is 5.75 Å². The first-order valence-electron chi connectivity index (χ1n) is 7.98. The number of methoxy groups -OCH3 is 1. The van der Waals surface area contributed by atoms with E-state index < -0.39 is 28.4 Å². The van der Waals surface area contributed by atoms with Gasteiger partial charge in [0.05, 0.1) is 16.9 Å². The Kier molecular flexibility index (Phi) is 5.50. The highest BCUT2D eigenvalue weighted by atomic mass is 32.1. The molecule has 0 atom stereocenters. The molecule has 1 heterocycles. The maximum absolute atomic E-state index is 13.4. The molecule has 0 saturated heterocycles. The summed E-state index contributed by atoms with van der Waals surface area (Å²) in [6.45, 7) is 0. The lowest BCUT2D eigenvalue weighted by Crippen LogP contribution is -2.13. The molecule has 1 N–H and O–H groups in total. The normalized spacial score (nSPS) is 11.2. The van der Waals surface area contributed by atoms with E-state index in [1.54, 1.807) is 18.2 Å². The molecule has 1 amide bonds. The molecule has 3 rings (SSSR count). The number of carbonyl (C=O) groups excluding carboxylic acids is 1. The Hall–Kier alpha value is -3.47. The second kappa shape index (κ2) is 7.87. The molecule has 2 aromatic carbocycles. The van der Waals surface area contributed by atoms with Gasteiger partial charge in [0.25, 0.3) is 5.91 Å². The largest absolute Gasteiger partial charge is 0.490 e. The van der Waals surface area contributed by atoms with E-state index in [2.05, 4.69) is 10.3 Å². The van der Waals surface area contributed by atoms with Crippen molar-refractivity contribution in [3.63, 3.8) is 0 Å². The Morgan fingerprint density at radius 2 is 1.90 bits per heavy atom. The van der Waals surface area contributed by atoms with Gasteiger partial charge in [-0.15, -0.1) is 0 Å². The lowest BCUT2D eigenvalue weighted by atomic mass is 10.1. The van der Waals surface area contributed by atoms with Crippen molar-refractivity contribution in [3.05, 3.63) is 69.9 Å². The number of nitrogens with zero attached hydrogens (tertiary/aromatic N) is 2. The highest BCUT2D eigenvalue weighted by Crippen LogP contribution is 2.42. The van der Waals surface area contributed by atoms with Gasteiger partial charge in [-0.05, 0) is 17.7 Å². The van der Waals surface area contributed by atoms with Gasteiger partial charge >= 0.3 is 11.9 Å². The summed E-state index contributed by atoms with van der Waals surface area (Å²) in [6, 6.07) is 11.3. The summed E-state index contributed by atoms with van der Waals surface area (Å²) in [5.74, 6) is -0.885. The van der Waals surface area contributed by atoms with Crippen molar-refractivity contribution < 1.29 is 27.6 Å². The zero-order chi connectivity index (χ0) is 21.2.